The van der Waals surface area contributed by atoms with E-state index < -0.39 is 6.04 Å². The number of aromatic nitrogens is 1. The quantitative estimate of drug-likeness (QED) is 0.711. The number of likely N-dealkylation sites (tertiary alicyclic amines) is 1. The van der Waals surface area contributed by atoms with Crippen molar-refractivity contribution in [1.29, 1.82) is 0 Å². The van der Waals surface area contributed by atoms with Crippen LogP contribution in [0.4, 0.5) is 11.5 Å². The summed E-state index contributed by atoms with van der Waals surface area (Å²) in [6, 6.07) is 1.22. The molecule has 2 rings (SSSR count). The molecule has 0 aliphatic carbocycles. The number of carbonyl (C=O) groups excluding carboxylic acids is 2. The van der Waals surface area contributed by atoms with Gasteiger partial charge in [0.1, 0.15) is 11.9 Å². The van der Waals surface area contributed by atoms with Crippen molar-refractivity contribution in [3.8, 4) is 0 Å². The zero-order valence-corrected chi connectivity index (χ0v) is 9.73. The molecule has 1 atom stereocenters. The number of pyridine rings is 1. The monoisotopic (exact) mass is 234 g/mol. The van der Waals surface area contributed by atoms with E-state index in [0.29, 0.717) is 11.5 Å². The number of nitrogen functional groups attached to an aromatic ring is 1. The van der Waals surface area contributed by atoms with Crippen LogP contribution in [0.1, 0.15) is 12.0 Å². The normalized spacial score (nSPS) is 19.9. The molecule has 1 aromatic rings. The molecule has 90 valence electrons. The Bertz CT molecular complexity index is 486. The van der Waals surface area contributed by atoms with Gasteiger partial charge in [-0.25, -0.2) is 4.98 Å². The average molecular weight is 234 g/mol. The third kappa shape index (κ3) is 1.93. The lowest BCUT2D eigenvalue weighted by atomic mass is 10.2. The van der Waals surface area contributed by atoms with Crippen LogP contribution in [-0.2, 0) is 9.59 Å². The number of carbonyl (C=O) groups is 2. The van der Waals surface area contributed by atoms with E-state index in [0.717, 1.165) is 10.5 Å². The van der Waals surface area contributed by atoms with Crippen molar-refractivity contribution in [2.75, 3.05) is 18.1 Å². The third-order valence-corrected chi connectivity index (χ3v) is 2.90. The molecule has 1 aromatic heterocycles. The van der Waals surface area contributed by atoms with E-state index in [1.807, 2.05) is 6.92 Å². The van der Waals surface area contributed by atoms with E-state index in [9.17, 15) is 9.59 Å². The number of nitrogens with one attached hydrogen (secondary N) is 1. The summed E-state index contributed by atoms with van der Waals surface area (Å²) in [5.41, 5.74) is 7.22. The minimum Gasteiger partial charge on any atom is -0.396 e. The molecule has 1 aliphatic rings. The fraction of sp³-hybridized carbons (Fsp3) is 0.364. The number of rotatable bonds is 2. The second-order valence-corrected chi connectivity index (χ2v) is 4.08. The van der Waals surface area contributed by atoms with E-state index in [1.54, 1.807) is 12.3 Å². The molecule has 0 spiro atoms. The lowest BCUT2D eigenvalue weighted by Gasteiger charge is -2.14. The maximum Gasteiger partial charge on any atom is 0.251 e. The predicted molar refractivity (Wildman–Crippen MR) is 63.2 cm³/mol. The van der Waals surface area contributed by atoms with Gasteiger partial charge in [-0.3, -0.25) is 14.5 Å². The maximum atomic E-state index is 11.7. The van der Waals surface area contributed by atoms with Gasteiger partial charge in [-0.05, 0) is 18.6 Å². The smallest absolute Gasteiger partial charge is 0.251 e. The van der Waals surface area contributed by atoms with Gasteiger partial charge in [0.05, 0.1) is 12.1 Å². The SMILES string of the molecule is Cc1ccnc(NC2CC(=O)N(C)C2=O)c1N. The van der Waals surface area contributed by atoms with Crippen LogP contribution >= 0.6 is 0 Å². The van der Waals surface area contributed by atoms with Gasteiger partial charge >= 0.3 is 0 Å². The molecule has 1 saturated heterocycles. The highest BCUT2D eigenvalue weighted by atomic mass is 16.2. The van der Waals surface area contributed by atoms with E-state index in [4.69, 9.17) is 5.73 Å². The summed E-state index contributed by atoms with van der Waals surface area (Å²) in [5, 5.41) is 2.91. The molecule has 6 heteroatoms. The summed E-state index contributed by atoms with van der Waals surface area (Å²) in [5.74, 6) is 0.00267. The molecule has 17 heavy (non-hydrogen) atoms. The summed E-state index contributed by atoms with van der Waals surface area (Å²) in [6.07, 6.45) is 1.75. The van der Waals surface area contributed by atoms with E-state index in [-0.39, 0.29) is 18.2 Å². The lowest BCUT2D eigenvalue weighted by molar-refractivity contribution is -0.136. The molecule has 0 saturated carbocycles. The van der Waals surface area contributed by atoms with Crippen molar-refractivity contribution < 1.29 is 9.59 Å². The second kappa shape index (κ2) is 4.04. The minimum absolute atomic E-state index is 0.143. The molecule has 0 radical (unpaired) electrons. The fourth-order valence-corrected chi connectivity index (χ4v) is 1.72. The first-order chi connectivity index (χ1) is 8.00. The van der Waals surface area contributed by atoms with Crippen LogP contribution in [0.15, 0.2) is 12.3 Å². The standard InChI is InChI=1S/C11H14N4O2/c1-6-3-4-13-10(9(6)12)14-7-5-8(16)15(2)11(7)17/h3-4,7H,5,12H2,1-2H3,(H,13,14). The Morgan fingerprint density at radius 1 is 1.53 bits per heavy atom. The molecular formula is C11H14N4O2. The lowest BCUT2D eigenvalue weighted by Crippen LogP contribution is -2.32. The molecule has 6 nitrogen and oxygen atoms in total. The van der Waals surface area contributed by atoms with E-state index in [1.165, 1.54) is 7.05 Å². The number of anilines is 2. The molecule has 2 heterocycles. The highest BCUT2D eigenvalue weighted by Gasteiger charge is 2.36. The van der Waals surface area contributed by atoms with Crippen LogP contribution in [0.5, 0.6) is 0 Å². The first-order valence-electron chi connectivity index (χ1n) is 5.28. The Kier molecular flexibility index (Phi) is 2.71. The van der Waals surface area contributed by atoms with Gasteiger partial charge < -0.3 is 11.1 Å². The zero-order valence-electron chi connectivity index (χ0n) is 9.73. The van der Waals surface area contributed by atoms with Crippen LogP contribution in [0.3, 0.4) is 0 Å². The van der Waals surface area contributed by atoms with Gasteiger partial charge in [-0.1, -0.05) is 0 Å². The van der Waals surface area contributed by atoms with Crippen molar-refractivity contribution in [1.82, 2.24) is 9.88 Å². The van der Waals surface area contributed by atoms with Gasteiger partial charge in [0.25, 0.3) is 5.91 Å². The van der Waals surface area contributed by atoms with Crippen LogP contribution in [0.2, 0.25) is 0 Å². The molecule has 1 unspecified atom stereocenters. The Morgan fingerprint density at radius 3 is 2.82 bits per heavy atom. The van der Waals surface area contributed by atoms with Gasteiger partial charge in [-0.15, -0.1) is 0 Å². The van der Waals surface area contributed by atoms with Crippen molar-refractivity contribution >= 4 is 23.3 Å². The van der Waals surface area contributed by atoms with E-state index >= 15 is 0 Å². The van der Waals surface area contributed by atoms with Crippen LogP contribution in [0, 0.1) is 6.92 Å². The third-order valence-electron chi connectivity index (χ3n) is 2.90. The second-order valence-electron chi connectivity index (χ2n) is 4.08. The number of amides is 2. The zero-order chi connectivity index (χ0) is 12.6. The van der Waals surface area contributed by atoms with Crippen molar-refractivity contribution in [2.45, 2.75) is 19.4 Å². The Labute approximate surface area is 98.8 Å². The number of nitrogens with two attached hydrogens (primary N) is 1. The van der Waals surface area contributed by atoms with Crippen molar-refractivity contribution in [3.63, 3.8) is 0 Å². The van der Waals surface area contributed by atoms with Crippen molar-refractivity contribution in [2.24, 2.45) is 0 Å². The first kappa shape index (κ1) is 11.4. The predicted octanol–water partition coefficient (Wildman–Crippen LogP) is 0.141. The van der Waals surface area contributed by atoms with Gasteiger partial charge in [-0.2, -0.15) is 0 Å². The summed E-state index contributed by atoms with van der Waals surface area (Å²) in [6.45, 7) is 1.86. The van der Waals surface area contributed by atoms with Gasteiger partial charge in [0.15, 0.2) is 0 Å². The Morgan fingerprint density at radius 2 is 2.24 bits per heavy atom. The highest BCUT2D eigenvalue weighted by Crippen LogP contribution is 2.22. The van der Waals surface area contributed by atoms with Crippen molar-refractivity contribution in [3.05, 3.63) is 17.8 Å². The number of hydrogen-bond acceptors (Lipinski definition) is 5. The van der Waals surface area contributed by atoms with Gasteiger partial charge in [0, 0.05) is 13.2 Å². The summed E-state index contributed by atoms with van der Waals surface area (Å²) in [4.78, 5) is 28.2. The number of hydrogen-bond donors (Lipinski definition) is 2. The number of imide groups is 1. The van der Waals surface area contributed by atoms with Crippen LogP contribution in [0.25, 0.3) is 0 Å². The molecular weight excluding hydrogens is 220 g/mol. The fourth-order valence-electron chi connectivity index (χ4n) is 1.72. The highest BCUT2D eigenvalue weighted by molar-refractivity contribution is 6.06. The minimum atomic E-state index is -0.566. The molecule has 2 amide bonds. The van der Waals surface area contributed by atoms with Crippen LogP contribution in [-0.4, -0.2) is 34.8 Å². The number of nitrogens with zero attached hydrogens (tertiary/aromatic N) is 2. The molecule has 1 fully saturated rings. The van der Waals surface area contributed by atoms with Gasteiger partial charge in [0.2, 0.25) is 5.91 Å². The Balaban J connectivity index is 2.20. The largest absolute Gasteiger partial charge is 0.396 e. The average Bonchev–Trinajstić information content (AvgIpc) is 2.53. The van der Waals surface area contributed by atoms with E-state index in [2.05, 4.69) is 10.3 Å². The van der Waals surface area contributed by atoms with Crippen LogP contribution < -0.4 is 11.1 Å². The first-order valence-corrected chi connectivity index (χ1v) is 5.28. The maximum absolute atomic E-state index is 11.7. The summed E-state index contributed by atoms with van der Waals surface area (Å²) < 4.78 is 0. The Hall–Kier alpha value is -2.11. The summed E-state index contributed by atoms with van der Waals surface area (Å²) in [7, 11) is 1.47. The summed E-state index contributed by atoms with van der Waals surface area (Å²) >= 11 is 0. The number of aryl methyl sites for hydroxylation is 1. The molecule has 0 bridgehead atoms. The topological polar surface area (TPSA) is 88.3 Å². The number of likely N-dealkylation sites (N-methyl/N-ethyl adjacent to an activating group) is 1. The molecule has 3 N–H and O–H groups in total. The molecule has 0 aromatic carbocycles. The molecule has 1 aliphatic heterocycles.